The second-order valence-electron chi connectivity index (χ2n) is 8.48. The number of alkyl halides is 3. The zero-order valence-corrected chi connectivity index (χ0v) is 19.0. The van der Waals surface area contributed by atoms with Crippen molar-refractivity contribution < 1.29 is 27.5 Å². The molecule has 0 saturated carbocycles. The van der Waals surface area contributed by atoms with Gasteiger partial charge in [0, 0.05) is 18.8 Å². The molecule has 0 radical (unpaired) electrons. The van der Waals surface area contributed by atoms with Crippen molar-refractivity contribution in [2.24, 2.45) is 0 Å². The average Bonchev–Trinajstić information content (AvgIpc) is 3.29. The fourth-order valence-electron chi connectivity index (χ4n) is 3.04. The molecule has 0 aliphatic rings. The van der Waals surface area contributed by atoms with E-state index in [0.717, 1.165) is 17.0 Å². The number of hydrogen-bond acceptors (Lipinski definition) is 5. The fraction of sp³-hybridized carbons (Fsp3) is 0.304. The van der Waals surface area contributed by atoms with E-state index in [-0.39, 0.29) is 17.1 Å². The minimum absolute atomic E-state index is 0.0339. The minimum atomic E-state index is -4.54. The lowest BCUT2D eigenvalue weighted by molar-refractivity contribution is -0.137. The Kier molecular flexibility index (Phi) is 6.94. The molecule has 3 rings (SSSR count). The van der Waals surface area contributed by atoms with Crippen LogP contribution < -0.4 is 10.2 Å². The molecule has 34 heavy (non-hydrogen) atoms. The summed E-state index contributed by atoms with van der Waals surface area (Å²) in [5.41, 5.74) is -0.926. The zero-order valence-electron chi connectivity index (χ0n) is 19.0. The van der Waals surface area contributed by atoms with Gasteiger partial charge in [-0.25, -0.2) is 9.78 Å². The Morgan fingerprint density at radius 1 is 1.09 bits per heavy atom. The van der Waals surface area contributed by atoms with Crippen LogP contribution in [-0.4, -0.2) is 39.8 Å². The Hall–Kier alpha value is -3.89. The molecule has 0 spiro atoms. The molecule has 8 nitrogen and oxygen atoms in total. The van der Waals surface area contributed by atoms with Gasteiger partial charge in [-0.2, -0.15) is 18.3 Å². The highest BCUT2D eigenvalue weighted by Gasteiger charge is 2.31. The Morgan fingerprint density at radius 3 is 2.41 bits per heavy atom. The smallest absolute Gasteiger partial charge is 0.416 e. The average molecular weight is 475 g/mol. The number of carbonyl (C=O) groups excluding carboxylic acids is 2. The Bertz CT molecular complexity index is 1160. The molecular formula is C23H24F3N5O3. The van der Waals surface area contributed by atoms with Gasteiger partial charge in [0.15, 0.2) is 0 Å². The van der Waals surface area contributed by atoms with E-state index >= 15 is 0 Å². The molecule has 0 fully saturated rings. The van der Waals surface area contributed by atoms with Gasteiger partial charge in [0.25, 0.3) is 5.91 Å². The lowest BCUT2D eigenvalue weighted by atomic mass is 9.99. The molecule has 1 aromatic carbocycles. The van der Waals surface area contributed by atoms with Crippen molar-refractivity contribution in [3.8, 4) is 0 Å². The maximum Gasteiger partial charge on any atom is 0.416 e. The van der Waals surface area contributed by atoms with Crippen LogP contribution >= 0.6 is 0 Å². The number of aromatic amines is 1. The van der Waals surface area contributed by atoms with E-state index in [0.29, 0.717) is 5.56 Å². The topological polar surface area (TPSA) is 100 Å². The Balaban J connectivity index is 1.87. The van der Waals surface area contributed by atoms with Crippen LogP contribution in [0.3, 0.4) is 0 Å². The first-order valence-electron chi connectivity index (χ1n) is 10.3. The van der Waals surface area contributed by atoms with Crippen LogP contribution in [0.15, 0.2) is 54.9 Å². The van der Waals surface area contributed by atoms with E-state index in [2.05, 4.69) is 20.5 Å². The van der Waals surface area contributed by atoms with E-state index in [1.165, 1.54) is 49.8 Å². The molecule has 11 heteroatoms. The number of amides is 2. The molecule has 0 bridgehead atoms. The van der Waals surface area contributed by atoms with Crippen LogP contribution in [0.1, 0.15) is 54.0 Å². The quantitative estimate of drug-likeness (QED) is 0.557. The molecule has 3 aromatic rings. The van der Waals surface area contributed by atoms with Crippen LogP contribution in [0, 0.1) is 0 Å². The summed E-state index contributed by atoms with van der Waals surface area (Å²) in [6.45, 7) is 5.17. The number of benzene rings is 1. The molecule has 2 amide bonds. The zero-order chi connectivity index (χ0) is 25.1. The van der Waals surface area contributed by atoms with Crippen molar-refractivity contribution in [2.45, 2.75) is 38.6 Å². The Labute approximate surface area is 194 Å². The number of anilines is 1. The third-order valence-electron chi connectivity index (χ3n) is 4.65. The molecule has 180 valence electrons. The van der Waals surface area contributed by atoms with Gasteiger partial charge in [0.1, 0.15) is 17.1 Å². The van der Waals surface area contributed by atoms with Crippen molar-refractivity contribution in [3.05, 3.63) is 77.2 Å². The van der Waals surface area contributed by atoms with Crippen molar-refractivity contribution >= 4 is 17.8 Å². The number of aromatic nitrogens is 3. The van der Waals surface area contributed by atoms with E-state index in [4.69, 9.17) is 4.74 Å². The largest absolute Gasteiger partial charge is 0.443 e. The standard InChI is InChI=1S/C23H24F3N5O3/c1-22(2,3)34-21(33)31(4)18-10-6-9-17(29-18)20(32)30-19(15-12-27-28-13-15)14-7-5-8-16(11-14)23(24,25)26/h5-13,19H,1-4H3,(H,27,28)(H,30,32). The summed E-state index contributed by atoms with van der Waals surface area (Å²) in [6.07, 6.45) is -2.31. The second kappa shape index (κ2) is 9.54. The van der Waals surface area contributed by atoms with Crippen LogP contribution in [0.25, 0.3) is 0 Å². The predicted molar refractivity (Wildman–Crippen MR) is 118 cm³/mol. The molecule has 0 aliphatic heterocycles. The number of hydrogen-bond donors (Lipinski definition) is 2. The lowest BCUT2D eigenvalue weighted by Gasteiger charge is -2.24. The second-order valence-corrected chi connectivity index (χ2v) is 8.48. The van der Waals surface area contributed by atoms with Crippen LogP contribution in [-0.2, 0) is 10.9 Å². The van der Waals surface area contributed by atoms with Crippen LogP contribution in [0.5, 0.6) is 0 Å². The van der Waals surface area contributed by atoms with E-state index < -0.39 is 35.4 Å². The first-order chi connectivity index (χ1) is 15.8. The van der Waals surface area contributed by atoms with Crippen LogP contribution in [0.4, 0.5) is 23.8 Å². The summed E-state index contributed by atoms with van der Waals surface area (Å²) in [5.74, 6) is -0.483. The summed E-state index contributed by atoms with van der Waals surface area (Å²) in [7, 11) is 1.45. The molecule has 2 heterocycles. The molecule has 2 aromatic heterocycles. The summed E-state index contributed by atoms with van der Waals surface area (Å²) in [4.78, 5) is 30.7. The summed E-state index contributed by atoms with van der Waals surface area (Å²) < 4.78 is 45.0. The van der Waals surface area contributed by atoms with E-state index in [1.807, 2.05) is 0 Å². The number of rotatable bonds is 5. The van der Waals surface area contributed by atoms with Crippen molar-refractivity contribution in [3.63, 3.8) is 0 Å². The number of halogens is 3. The van der Waals surface area contributed by atoms with Crippen molar-refractivity contribution in [1.29, 1.82) is 0 Å². The van der Waals surface area contributed by atoms with Gasteiger partial charge < -0.3 is 10.1 Å². The summed E-state index contributed by atoms with van der Waals surface area (Å²) in [6, 6.07) is 8.24. The lowest BCUT2D eigenvalue weighted by Crippen LogP contribution is -2.35. The molecule has 1 atom stereocenters. The molecular weight excluding hydrogens is 451 g/mol. The van der Waals surface area contributed by atoms with Crippen molar-refractivity contribution in [1.82, 2.24) is 20.5 Å². The summed E-state index contributed by atoms with van der Waals surface area (Å²) in [5, 5.41) is 9.13. The van der Waals surface area contributed by atoms with Crippen LogP contribution in [0.2, 0.25) is 0 Å². The fourth-order valence-corrected chi connectivity index (χ4v) is 3.04. The highest BCUT2D eigenvalue weighted by atomic mass is 19.4. The van der Waals surface area contributed by atoms with Gasteiger partial charge in [-0.15, -0.1) is 0 Å². The van der Waals surface area contributed by atoms with Gasteiger partial charge in [0.2, 0.25) is 0 Å². The third kappa shape index (κ3) is 6.12. The number of carbonyl (C=O) groups is 2. The van der Waals surface area contributed by atoms with Gasteiger partial charge in [-0.1, -0.05) is 18.2 Å². The molecule has 1 unspecified atom stereocenters. The third-order valence-corrected chi connectivity index (χ3v) is 4.65. The number of pyridine rings is 1. The van der Waals surface area contributed by atoms with Gasteiger partial charge in [-0.3, -0.25) is 14.8 Å². The number of nitrogens with zero attached hydrogens (tertiary/aromatic N) is 3. The SMILES string of the molecule is CN(C(=O)OC(C)(C)C)c1cccc(C(=O)NC(c2cn[nH]c2)c2cccc(C(F)(F)F)c2)n1. The van der Waals surface area contributed by atoms with Crippen molar-refractivity contribution in [2.75, 3.05) is 11.9 Å². The predicted octanol–water partition coefficient (Wildman–Crippen LogP) is 4.71. The highest BCUT2D eigenvalue weighted by Crippen LogP contribution is 2.32. The monoisotopic (exact) mass is 475 g/mol. The molecule has 2 N–H and O–H groups in total. The molecule has 0 aliphatic carbocycles. The minimum Gasteiger partial charge on any atom is -0.443 e. The van der Waals surface area contributed by atoms with Gasteiger partial charge >= 0.3 is 12.3 Å². The maximum atomic E-state index is 13.2. The van der Waals surface area contributed by atoms with Gasteiger partial charge in [0.05, 0.1) is 17.8 Å². The number of H-pyrrole nitrogens is 1. The van der Waals surface area contributed by atoms with E-state index in [1.54, 1.807) is 20.8 Å². The summed E-state index contributed by atoms with van der Waals surface area (Å²) >= 11 is 0. The maximum absolute atomic E-state index is 13.2. The highest BCUT2D eigenvalue weighted by molar-refractivity contribution is 5.94. The Morgan fingerprint density at radius 2 is 1.79 bits per heavy atom. The molecule has 0 saturated heterocycles. The van der Waals surface area contributed by atoms with E-state index in [9.17, 15) is 22.8 Å². The normalized spacial score (nSPS) is 12.7. The van der Waals surface area contributed by atoms with Gasteiger partial charge in [-0.05, 0) is 50.6 Å². The number of ether oxygens (including phenoxy) is 1. The number of nitrogens with one attached hydrogen (secondary N) is 2. The first-order valence-corrected chi connectivity index (χ1v) is 10.3. The first kappa shape index (κ1) is 24.7.